The first-order valence-corrected chi connectivity index (χ1v) is 6.51. The Balaban J connectivity index is 1.97. The van der Waals surface area contributed by atoms with E-state index < -0.39 is 17.8 Å². The van der Waals surface area contributed by atoms with Gasteiger partial charge in [0, 0.05) is 11.1 Å². The van der Waals surface area contributed by atoms with Gasteiger partial charge in [0.2, 0.25) is 6.29 Å². The zero-order valence-corrected chi connectivity index (χ0v) is 11.4. The first kappa shape index (κ1) is 14.1. The number of carbonyl (C=O) groups is 2. The summed E-state index contributed by atoms with van der Waals surface area (Å²) < 4.78 is 11.1. The van der Waals surface area contributed by atoms with Crippen LogP contribution in [0.3, 0.4) is 0 Å². The number of hydrogen-bond donors (Lipinski definition) is 2. The third-order valence-electron chi connectivity index (χ3n) is 3.50. The fourth-order valence-electron chi connectivity index (χ4n) is 2.32. The molecular weight excluding hydrogens is 288 g/mol. The van der Waals surface area contributed by atoms with E-state index in [2.05, 4.69) is 0 Å². The quantitative estimate of drug-likeness (QED) is 0.667. The van der Waals surface area contributed by atoms with Gasteiger partial charge in [-0.05, 0) is 18.2 Å². The van der Waals surface area contributed by atoms with Crippen LogP contribution < -0.4 is 4.74 Å². The summed E-state index contributed by atoms with van der Waals surface area (Å²) in [5, 5.41) is 19.7. The maximum Gasteiger partial charge on any atom is 0.230 e. The summed E-state index contributed by atoms with van der Waals surface area (Å²) in [5.41, 5.74) is 1.27. The van der Waals surface area contributed by atoms with Gasteiger partial charge in [-0.25, -0.2) is 0 Å². The Morgan fingerprint density at radius 2 is 1.77 bits per heavy atom. The number of aromatic hydroxyl groups is 2. The van der Waals surface area contributed by atoms with Gasteiger partial charge in [-0.1, -0.05) is 12.1 Å². The predicted molar refractivity (Wildman–Crippen MR) is 75.1 cm³/mol. The molecule has 1 unspecified atom stereocenters. The molecule has 0 aliphatic carbocycles. The third-order valence-corrected chi connectivity index (χ3v) is 3.50. The minimum atomic E-state index is -0.944. The van der Waals surface area contributed by atoms with Crippen LogP contribution >= 0.6 is 0 Å². The molecule has 2 aromatic rings. The SMILES string of the molecule is O=Cc1ccc(C2OCc3c(C=O)cccc3O2)c(O)c1O. The van der Waals surface area contributed by atoms with E-state index in [1.165, 1.54) is 12.1 Å². The number of phenols is 2. The topological polar surface area (TPSA) is 93.1 Å². The lowest BCUT2D eigenvalue weighted by Gasteiger charge is -2.27. The molecule has 0 spiro atoms. The van der Waals surface area contributed by atoms with Crippen LogP contribution in [0.25, 0.3) is 0 Å². The number of aldehydes is 2. The largest absolute Gasteiger partial charge is 0.504 e. The van der Waals surface area contributed by atoms with Crippen molar-refractivity contribution in [2.24, 2.45) is 0 Å². The van der Waals surface area contributed by atoms with E-state index in [0.717, 1.165) is 0 Å². The summed E-state index contributed by atoms with van der Waals surface area (Å²) >= 11 is 0. The fourth-order valence-corrected chi connectivity index (χ4v) is 2.32. The molecular formula is C16H12O6. The number of ether oxygens (including phenoxy) is 2. The highest BCUT2D eigenvalue weighted by Gasteiger charge is 2.27. The van der Waals surface area contributed by atoms with Crippen LogP contribution in [-0.2, 0) is 11.3 Å². The van der Waals surface area contributed by atoms with E-state index in [9.17, 15) is 19.8 Å². The van der Waals surface area contributed by atoms with Crippen molar-refractivity contribution in [1.29, 1.82) is 0 Å². The van der Waals surface area contributed by atoms with Crippen LogP contribution in [0.15, 0.2) is 30.3 Å². The lowest BCUT2D eigenvalue weighted by atomic mass is 10.1. The molecule has 2 aromatic carbocycles. The van der Waals surface area contributed by atoms with Crippen LogP contribution in [0.5, 0.6) is 17.2 Å². The second-order valence-corrected chi connectivity index (χ2v) is 4.76. The molecule has 1 atom stereocenters. The monoisotopic (exact) mass is 300 g/mol. The highest BCUT2D eigenvalue weighted by molar-refractivity contribution is 5.81. The zero-order valence-electron chi connectivity index (χ0n) is 11.4. The maximum absolute atomic E-state index is 11.0. The Kier molecular flexibility index (Phi) is 3.52. The lowest BCUT2D eigenvalue weighted by Crippen LogP contribution is -2.19. The van der Waals surface area contributed by atoms with Gasteiger partial charge >= 0.3 is 0 Å². The molecule has 0 saturated carbocycles. The molecule has 1 aliphatic rings. The van der Waals surface area contributed by atoms with E-state index in [1.54, 1.807) is 18.2 Å². The number of benzene rings is 2. The van der Waals surface area contributed by atoms with E-state index in [1.807, 2.05) is 0 Å². The van der Waals surface area contributed by atoms with Crippen molar-refractivity contribution in [2.75, 3.05) is 0 Å². The maximum atomic E-state index is 11.0. The second kappa shape index (κ2) is 5.50. The standard InChI is InChI=1S/C16H12O6/c17-6-9-2-1-3-13-12(9)8-21-16(22-13)11-5-4-10(7-18)14(19)15(11)20/h1-7,16,19-20H,8H2. The Hall–Kier alpha value is -2.86. The number of rotatable bonds is 3. The van der Waals surface area contributed by atoms with Crippen molar-refractivity contribution >= 4 is 12.6 Å². The highest BCUT2D eigenvalue weighted by atomic mass is 16.7. The molecule has 6 nitrogen and oxygen atoms in total. The van der Waals surface area contributed by atoms with Crippen LogP contribution in [0, 0.1) is 0 Å². The first-order chi connectivity index (χ1) is 10.7. The van der Waals surface area contributed by atoms with Gasteiger partial charge in [0.1, 0.15) is 5.75 Å². The molecule has 3 rings (SSSR count). The van der Waals surface area contributed by atoms with Crippen molar-refractivity contribution in [3.8, 4) is 17.2 Å². The van der Waals surface area contributed by atoms with E-state index in [-0.39, 0.29) is 17.7 Å². The van der Waals surface area contributed by atoms with Crippen molar-refractivity contribution in [2.45, 2.75) is 12.9 Å². The van der Waals surface area contributed by atoms with Crippen LogP contribution in [0.4, 0.5) is 0 Å². The molecule has 6 heteroatoms. The normalized spacial score (nSPS) is 16.5. The van der Waals surface area contributed by atoms with Crippen LogP contribution in [-0.4, -0.2) is 22.8 Å². The van der Waals surface area contributed by atoms with Gasteiger partial charge in [0.15, 0.2) is 24.1 Å². The van der Waals surface area contributed by atoms with Crippen LogP contribution in [0.2, 0.25) is 0 Å². The van der Waals surface area contributed by atoms with E-state index in [0.29, 0.717) is 29.4 Å². The number of fused-ring (bicyclic) bond motifs is 1. The Morgan fingerprint density at radius 1 is 1.00 bits per heavy atom. The Labute approximate surface area is 125 Å². The van der Waals surface area contributed by atoms with E-state index in [4.69, 9.17) is 9.47 Å². The summed E-state index contributed by atoms with van der Waals surface area (Å²) in [4.78, 5) is 21.7. The van der Waals surface area contributed by atoms with Gasteiger partial charge in [0.25, 0.3) is 0 Å². The highest BCUT2D eigenvalue weighted by Crippen LogP contribution is 2.41. The minimum absolute atomic E-state index is 0.0271. The molecule has 0 bridgehead atoms. The average molecular weight is 300 g/mol. The van der Waals surface area contributed by atoms with Gasteiger partial charge in [-0.15, -0.1) is 0 Å². The molecule has 1 heterocycles. The molecule has 0 amide bonds. The number of carbonyl (C=O) groups excluding carboxylic acids is 2. The van der Waals surface area contributed by atoms with Gasteiger partial charge in [-0.3, -0.25) is 9.59 Å². The average Bonchev–Trinajstić information content (AvgIpc) is 2.56. The van der Waals surface area contributed by atoms with Crippen molar-refractivity contribution in [3.05, 3.63) is 52.6 Å². The van der Waals surface area contributed by atoms with Crippen LogP contribution in [0.1, 0.15) is 38.1 Å². The third kappa shape index (κ3) is 2.19. The lowest BCUT2D eigenvalue weighted by molar-refractivity contribution is -0.112. The van der Waals surface area contributed by atoms with Gasteiger partial charge in [-0.2, -0.15) is 0 Å². The van der Waals surface area contributed by atoms with Crippen molar-refractivity contribution in [3.63, 3.8) is 0 Å². The summed E-state index contributed by atoms with van der Waals surface area (Å²) in [6, 6.07) is 7.83. The summed E-state index contributed by atoms with van der Waals surface area (Å²) in [7, 11) is 0. The smallest absolute Gasteiger partial charge is 0.230 e. The Bertz CT molecular complexity index is 753. The van der Waals surface area contributed by atoms with Gasteiger partial charge in [0.05, 0.1) is 17.7 Å². The summed E-state index contributed by atoms with van der Waals surface area (Å²) in [5.74, 6) is -0.518. The first-order valence-electron chi connectivity index (χ1n) is 6.51. The number of phenolic OH excluding ortho intramolecular Hbond substituents is 2. The van der Waals surface area contributed by atoms with E-state index >= 15 is 0 Å². The second-order valence-electron chi connectivity index (χ2n) is 4.76. The number of hydrogen-bond acceptors (Lipinski definition) is 6. The molecule has 22 heavy (non-hydrogen) atoms. The molecule has 0 saturated heterocycles. The molecule has 2 N–H and O–H groups in total. The molecule has 0 fully saturated rings. The summed E-state index contributed by atoms with van der Waals surface area (Å²) in [6.45, 7) is 0.130. The predicted octanol–water partition coefficient (Wildman–Crippen LogP) is 2.33. The van der Waals surface area contributed by atoms with Crippen molar-refractivity contribution < 1.29 is 29.3 Å². The molecule has 1 aliphatic heterocycles. The summed E-state index contributed by atoms with van der Waals surface area (Å²) in [6.07, 6.45) is 0.210. The Morgan fingerprint density at radius 3 is 2.50 bits per heavy atom. The minimum Gasteiger partial charge on any atom is -0.504 e. The van der Waals surface area contributed by atoms with Gasteiger partial charge < -0.3 is 19.7 Å². The molecule has 0 radical (unpaired) electrons. The fraction of sp³-hybridized carbons (Fsp3) is 0.125. The zero-order chi connectivity index (χ0) is 15.7. The van der Waals surface area contributed by atoms with Crippen molar-refractivity contribution in [1.82, 2.24) is 0 Å². The molecule has 112 valence electrons. The molecule has 0 aromatic heterocycles.